The number of carbonyl (C=O) groups is 1. The molecule has 1 amide bonds. The summed E-state index contributed by atoms with van der Waals surface area (Å²) in [6.07, 6.45) is 2.33. The van der Waals surface area contributed by atoms with Gasteiger partial charge in [-0.05, 0) is 30.3 Å². The summed E-state index contributed by atoms with van der Waals surface area (Å²) in [6.45, 7) is 0.446. The summed E-state index contributed by atoms with van der Waals surface area (Å²) in [6, 6.07) is 9.61. The summed E-state index contributed by atoms with van der Waals surface area (Å²) >= 11 is 0. The number of anilines is 1. The molecule has 0 aliphatic heterocycles. The van der Waals surface area contributed by atoms with Gasteiger partial charge in [-0.15, -0.1) is 0 Å². The van der Waals surface area contributed by atoms with Gasteiger partial charge < -0.3 is 11.1 Å². The predicted octanol–water partition coefficient (Wildman–Crippen LogP) is 1.78. The molecule has 19 heavy (non-hydrogen) atoms. The number of benzene rings is 1. The summed E-state index contributed by atoms with van der Waals surface area (Å²) in [7, 11) is 0. The van der Waals surface area contributed by atoms with Crippen LogP contribution in [0, 0.1) is 5.82 Å². The Labute approximate surface area is 110 Å². The molecule has 0 radical (unpaired) electrons. The van der Waals surface area contributed by atoms with E-state index in [1.165, 1.54) is 12.1 Å². The Morgan fingerprint density at radius 2 is 2.16 bits per heavy atom. The third-order valence-corrected chi connectivity index (χ3v) is 2.66. The summed E-state index contributed by atoms with van der Waals surface area (Å²) in [5, 5.41) is 2.71. The monoisotopic (exact) mass is 259 g/mol. The minimum Gasteiger partial charge on any atom is -0.396 e. The van der Waals surface area contributed by atoms with Crippen molar-refractivity contribution in [2.75, 3.05) is 12.3 Å². The number of rotatable bonds is 4. The molecule has 1 aromatic heterocycles. The molecule has 0 aliphatic carbocycles. The summed E-state index contributed by atoms with van der Waals surface area (Å²) in [4.78, 5) is 15.9. The van der Waals surface area contributed by atoms with Gasteiger partial charge in [-0.25, -0.2) is 4.39 Å². The first kappa shape index (κ1) is 13.0. The summed E-state index contributed by atoms with van der Waals surface area (Å²) in [5.74, 6) is -0.910. The van der Waals surface area contributed by atoms with E-state index in [2.05, 4.69) is 10.3 Å². The van der Waals surface area contributed by atoms with Gasteiger partial charge in [0.05, 0.1) is 5.69 Å². The molecule has 0 unspecified atom stereocenters. The maximum absolute atomic E-state index is 13.2. The van der Waals surface area contributed by atoms with Crippen molar-refractivity contribution in [2.24, 2.45) is 0 Å². The van der Waals surface area contributed by atoms with Crippen LogP contribution in [0.5, 0.6) is 0 Å². The number of carbonyl (C=O) groups excluding carboxylic acids is 1. The molecule has 0 atom stereocenters. The zero-order valence-corrected chi connectivity index (χ0v) is 10.3. The highest BCUT2D eigenvalue weighted by Crippen LogP contribution is 2.11. The van der Waals surface area contributed by atoms with E-state index >= 15 is 0 Å². The van der Waals surface area contributed by atoms with Crippen molar-refractivity contribution in [1.29, 1.82) is 0 Å². The van der Waals surface area contributed by atoms with E-state index in [1.54, 1.807) is 6.20 Å². The molecular formula is C14H14FN3O. The highest BCUT2D eigenvalue weighted by Gasteiger charge is 2.07. The molecule has 1 aromatic carbocycles. The fourth-order valence-corrected chi connectivity index (χ4v) is 1.62. The van der Waals surface area contributed by atoms with Gasteiger partial charge in [0.25, 0.3) is 5.91 Å². The number of hydrogen-bond acceptors (Lipinski definition) is 3. The van der Waals surface area contributed by atoms with Gasteiger partial charge >= 0.3 is 0 Å². The molecule has 0 bridgehead atoms. The van der Waals surface area contributed by atoms with E-state index in [1.807, 2.05) is 18.2 Å². The number of nitrogens with two attached hydrogens (primary N) is 1. The first-order valence-electron chi connectivity index (χ1n) is 5.90. The largest absolute Gasteiger partial charge is 0.396 e. The average molecular weight is 259 g/mol. The standard InChI is InChI=1S/C14H14FN3O/c15-12-9-10(4-5-13(12)16)14(19)18-8-6-11-3-1-2-7-17-11/h1-5,7,9H,6,8,16H2,(H,18,19). The van der Waals surface area contributed by atoms with Crippen LogP contribution in [-0.2, 0) is 6.42 Å². The zero-order valence-electron chi connectivity index (χ0n) is 10.3. The van der Waals surface area contributed by atoms with Gasteiger partial charge in [-0.1, -0.05) is 6.07 Å². The lowest BCUT2D eigenvalue weighted by Gasteiger charge is -2.05. The van der Waals surface area contributed by atoms with Crippen molar-refractivity contribution in [3.63, 3.8) is 0 Å². The average Bonchev–Trinajstić information content (AvgIpc) is 2.43. The molecule has 0 saturated carbocycles. The lowest BCUT2D eigenvalue weighted by molar-refractivity contribution is 0.0953. The van der Waals surface area contributed by atoms with Crippen molar-refractivity contribution in [2.45, 2.75) is 6.42 Å². The number of hydrogen-bond donors (Lipinski definition) is 2. The Bertz CT molecular complexity index is 572. The van der Waals surface area contributed by atoms with Crippen molar-refractivity contribution in [3.05, 3.63) is 59.7 Å². The maximum Gasteiger partial charge on any atom is 0.251 e. The van der Waals surface area contributed by atoms with Crippen LogP contribution in [0.3, 0.4) is 0 Å². The van der Waals surface area contributed by atoms with Crippen LogP contribution in [0.4, 0.5) is 10.1 Å². The Hall–Kier alpha value is -2.43. The van der Waals surface area contributed by atoms with Gasteiger partial charge in [-0.2, -0.15) is 0 Å². The molecule has 4 nitrogen and oxygen atoms in total. The highest BCUT2D eigenvalue weighted by atomic mass is 19.1. The molecule has 0 saturated heterocycles. The third kappa shape index (κ3) is 3.51. The fraction of sp³-hybridized carbons (Fsp3) is 0.143. The molecular weight excluding hydrogens is 245 g/mol. The predicted molar refractivity (Wildman–Crippen MR) is 71.1 cm³/mol. The number of nitrogens with zero attached hydrogens (tertiary/aromatic N) is 1. The molecule has 0 aliphatic rings. The molecule has 2 rings (SSSR count). The normalized spacial score (nSPS) is 10.2. The van der Waals surface area contributed by atoms with Crippen LogP contribution < -0.4 is 11.1 Å². The number of pyridine rings is 1. The number of nitrogens with one attached hydrogen (secondary N) is 1. The lowest BCUT2D eigenvalue weighted by Crippen LogP contribution is -2.26. The maximum atomic E-state index is 13.2. The van der Waals surface area contributed by atoms with Crippen LogP contribution in [0.25, 0.3) is 0 Å². The first-order chi connectivity index (χ1) is 9.16. The Morgan fingerprint density at radius 1 is 1.32 bits per heavy atom. The van der Waals surface area contributed by atoms with Crippen molar-refractivity contribution >= 4 is 11.6 Å². The first-order valence-corrected chi connectivity index (χ1v) is 5.90. The second kappa shape index (κ2) is 5.95. The van der Waals surface area contributed by atoms with Crippen molar-refractivity contribution in [1.82, 2.24) is 10.3 Å². The Balaban J connectivity index is 1.89. The van der Waals surface area contributed by atoms with Gasteiger partial charge in [-0.3, -0.25) is 9.78 Å². The quantitative estimate of drug-likeness (QED) is 0.822. The molecule has 0 fully saturated rings. The number of halogens is 1. The van der Waals surface area contributed by atoms with E-state index in [0.29, 0.717) is 13.0 Å². The van der Waals surface area contributed by atoms with Gasteiger partial charge in [0.15, 0.2) is 0 Å². The highest BCUT2D eigenvalue weighted by molar-refractivity contribution is 5.94. The molecule has 5 heteroatoms. The molecule has 2 aromatic rings. The van der Waals surface area contributed by atoms with E-state index in [9.17, 15) is 9.18 Å². The Kier molecular flexibility index (Phi) is 4.07. The minimum absolute atomic E-state index is 0.0324. The number of nitrogen functional groups attached to an aromatic ring is 1. The minimum atomic E-state index is -0.586. The van der Waals surface area contributed by atoms with E-state index in [4.69, 9.17) is 5.73 Å². The molecule has 1 heterocycles. The Morgan fingerprint density at radius 3 is 2.84 bits per heavy atom. The molecule has 0 spiro atoms. The van der Waals surface area contributed by atoms with E-state index < -0.39 is 5.82 Å². The SMILES string of the molecule is Nc1ccc(C(=O)NCCc2ccccn2)cc1F. The summed E-state index contributed by atoms with van der Waals surface area (Å²) < 4.78 is 13.2. The van der Waals surface area contributed by atoms with E-state index in [-0.39, 0.29) is 17.2 Å². The van der Waals surface area contributed by atoms with Gasteiger partial charge in [0.2, 0.25) is 0 Å². The van der Waals surface area contributed by atoms with Crippen LogP contribution in [0.1, 0.15) is 16.1 Å². The zero-order chi connectivity index (χ0) is 13.7. The van der Waals surface area contributed by atoms with Crippen molar-refractivity contribution < 1.29 is 9.18 Å². The van der Waals surface area contributed by atoms with E-state index in [0.717, 1.165) is 11.8 Å². The second-order valence-electron chi connectivity index (χ2n) is 4.06. The third-order valence-electron chi connectivity index (χ3n) is 2.66. The molecule has 3 N–H and O–H groups in total. The lowest BCUT2D eigenvalue weighted by atomic mass is 10.2. The number of aromatic nitrogens is 1. The fourth-order valence-electron chi connectivity index (χ4n) is 1.62. The van der Waals surface area contributed by atoms with Crippen LogP contribution in [0.15, 0.2) is 42.6 Å². The summed E-state index contributed by atoms with van der Waals surface area (Å²) in [5.41, 5.74) is 6.53. The number of amides is 1. The van der Waals surface area contributed by atoms with Gasteiger partial charge in [0, 0.05) is 30.4 Å². The topological polar surface area (TPSA) is 68.0 Å². The molecule has 98 valence electrons. The second-order valence-corrected chi connectivity index (χ2v) is 4.06. The smallest absolute Gasteiger partial charge is 0.251 e. The van der Waals surface area contributed by atoms with Gasteiger partial charge in [0.1, 0.15) is 5.82 Å². The van der Waals surface area contributed by atoms with Crippen LogP contribution in [-0.4, -0.2) is 17.4 Å². The van der Waals surface area contributed by atoms with Crippen LogP contribution >= 0.6 is 0 Å². The van der Waals surface area contributed by atoms with Crippen molar-refractivity contribution in [3.8, 4) is 0 Å². The van der Waals surface area contributed by atoms with Crippen LogP contribution in [0.2, 0.25) is 0 Å².